The molecule has 3 rings (SSSR count). The van der Waals surface area contributed by atoms with E-state index < -0.39 is 0 Å². The topological polar surface area (TPSA) is 61.0 Å². The van der Waals surface area contributed by atoms with Gasteiger partial charge in [0.1, 0.15) is 5.82 Å². The van der Waals surface area contributed by atoms with E-state index in [9.17, 15) is 10.1 Å². The number of aryl methyl sites for hydroxylation is 1. The Balaban J connectivity index is 0.00000133. The molecule has 0 saturated heterocycles. The minimum absolute atomic E-state index is 0. The molecule has 0 bridgehead atoms. The normalized spacial score (nSPS) is 13.5. The van der Waals surface area contributed by atoms with Crippen LogP contribution in [0.5, 0.6) is 0 Å². The first kappa shape index (κ1) is 13.5. The van der Waals surface area contributed by atoms with Crippen LogP contribution >= 0.6 is 12.4 Å². The summed E-state index contributed by atoms with van der Waals surface area (Å²) in [7, 11) is 0. The van der Waals surface area contributed by atoms with Crippen LogP contribution in [0, 0.1) is 10.1 Å². The zero-order valence-electron chi connectivity index (χ0n) is 10.3. The van der Waals surface area contributed by atoms with E-state index in [1.165, 1.54) is 25.0 Å². The van der Waals surface area contributed by atoms with Gasteiger partial charge >= 0.3 is 0 Å². The maximum absolute atomic E-state index is 10.6. The maximum Gasteiger partial charge on any atom is 0.269 e. The summed E-state index contributed by atoms with van der Waals surface area (Å²) in [6.07, 6.45) is 5.24. The van der Waals surface area contributed by atoms with Gasteiger partial charge in [0.15, 0.2) is 0 Å². The second kappa shape index (κ2) is 5.40. The molecule has 2 aromatic rings. The second-order valence-corrected chi connectivity index (χ2v) is 4.47. The van der Waals surface area contributed by atoms with Crippen molar-refractivity contribution in [2.24, 2.45) is 0 Å². The number of nitro groups is 1. The largest absolute Gasteiger partial charge is 0.328 e. The molecule has 0 fully saturated rings. The molecule has 0 unspecified atom stereocenters. The van der Waals surface area contributed by atoms with E-state index in [2.05, 4.69) is 9.55 Å². The van der Waals surface area contributed by atoms with Crippen molar-refractivity contribution in [3.05, 3.63) is 46.4 Å². The third kappa shape index (κ3) is 2.46. The number of hydrogen-bond acceptors (Lipinski definition) is 3. The number of nitro benzene ring substituents is 1. The van der Waals surface area contributed by atoms with Gasteiger partial charge in [0.2, 0.25) is 0 Å². The summed E-state index contributed by atoms with van der Waals surface area (Å²) in [6.45, 7) is 0.988. The molecule has 0 aliphatic carbocycles. The van der Waals surface area contributed by atoms with Crippen molar-refractivity contribution >= 4 is 18.1 Å². The highest BCUT2D eigenvalue weighted by Gasteiger charge is 2.15. The fraction of sp³-hybridized carbons (Fsp3) is 0.308. The molecule has 1 aromatic carbocycles. The molecule has 2 heterocycles. The predicted molar refractivity (Wildman–Crippen MR) is 74.5 cm³/mol. The van der Waals surface area contributed by atoms with Crippen LogP contribution in [0.15, 0.2) is 30.5 Å². The summed E-state index contributed by atoms with van der Waals surface area (Å²) in [6, 6.07) is 6.66. The number of hydrogen-bond donors (Lipinski definition) is 0. The molecular formula is C13H14ClN3O2. The zero-order chi connectivity index (χ0) is 12.5. The van der Waals surface area contributed by atoms with Gasteiger partial charge in [-0.1, -0.05) is 0 Å². The van der Waals surface area contributed by atoms with Crippen molar-refractivity contribution in [1.82, 2.24) is 9.55 Å². The number of nitrogens with zero attached hydrogens (tertiary/aromatic N) is 3. The van der Waals surface area contributed by atoms with Crippen LogP contribution in [0.1, 0.15) is 18.7 Å². The van der Waals surface area contributed by atoms with E-state index in [0.29, 0.717) is 0 Å². The van der Waals surface area contributed by atoms with Crippen LogP contribution in [0.25, 0.3) is 11.3 Å². The van der Waals surface area contributed by atoms with Gasteiger partial charge in [0, 0.05) is 30.7 Å². The van der Waals surface area contributed by atoms with Crippen LogP contribution in [0.3, 0.4) is 0 Å². The molecule has 1 aliphatic rings. The van der Waals surface area contributed by atoms with E-state index >= 15 is 0 Å². The monoisotopic (exact) mass is 279 g/mol. The lowest BCUT2D eigenvalue weighted by atomic mass is 10.1. The predicted octanol–water partition coefficient (Wildman–Crippen LogP) is 3.22. The van der Waals surface area contributed by atoms with Gasteiger partial charge in [0.25, 0.3) is 5.69 Å². The maximum atomic E-state index is 10.6. The van der Waals surface area contributed by atoms with Crippen molar-refractivity contribution < 1.29 is 4.92 Å². The quantitative estimate of drug-likeness (QED) is 0.626. The second-order valence-electron chi connectivity index (χ2n) is 4.47. The number of aromatic nitrogens is 2. The summed E-state index contributed by atoms with van der Waals surface area (Å²) < 4.78 is 2.21. The Kier molecular flexibility index (Phi) is 3.85. The molecule has 0 atom stereocenters. The molecular weight excluding hydrogens is 266 g/mol. The van der Waals surface area contributed by atoms with Gasteiger partial charge in [-0.2, -0.15) is 0 Å². The van der Waals surface area contributed by atoms with Crippen LogP contribution in [-0.4, -0.2) is 14.5 Å². The number of non-ortho nitro benzene ring substituents is 1. The fourth-order valence-electron chi connectivity index (χ4n) is 2.40. The fourth-order valence-corrected chi connectivity index (χ4v) is 2.40. The van der Waals surface area contributed by atoms with E-state index in [4.69, 9.17) is 0 Å². The average Bonchev–Trinajstić information content (AvgIpc) is 2.82. The van der Waals surface area contributed by atoms with Crippen LogP contribution in [0.4, 0.5) is 5.69 Å². The minimum atomic E-state index is -0.379. The lowest BCUT2D eigenvalue weighted by molar-refractivity contribution is -0.384. The van der Waals surface area contributed by atoms with E-state index in [1.807, 2.05) is 6.20 Å². The van der Waals surface area contributed by atoms with Crippen molar-refractivity contribution in [2.45, 2.75) is 25.8 Å². The molecule has 100 valence electrons. The Hall–Kier alpha value is -1.88. The number of halogens is 1. The van der Waals surface area contributed by atoms with Crippen LogP contribution in [-0.2, 0) is 13.0 Å². The molecule has 6 heteroatoms. The molecule has 1 aliphatic heterocycles. The highest BCUT2D eigenvalue weighted by molar-refractivity contribution is 5.85. The summed E-state index contributed by atoms with van der Waals surface area (Å²) >= 11 is 0. The lowest BCUT2D eigenvalue weighted by Crippen LogP contribution is -2.11. The summed E-state index contributed by atoms with van der Waals surface area (Å²) in [5.41, 5.74) is 2.16. The smallest absolute Gasteiger partial charge is 0.269 e. The average molecular weight is 280 g/mol. The summed E-state index contributed by atoms with van der Waals surface area (Å²) in [5, 5.41) is 10.6. The summed E-state index contributed by atoms with van der Waals surface area (Å²) in [5.74, 6) is 1.12. The first-order valence-corrected chi connectivity index (χ1v) is 6.05. The number of fused-ring (bicyclic) bond motifs is 1. The zero-order valence-corrected chi connectivity index (χ0v) is 11.1. The van der Waals surface area contributed by atoms with E-state index in [0.717, 1.165) is 30.0 Å². The third-order valence-corrected chi connectivity index (χ3v) is 3.34. The third-order valence-electron chi connectivity index (χ3n) is 3.34. The molecule has 0 spiro atoms. The van der Waals surface area contributed by atoms with Gasteiger partial charge in [-0.05, 0) is 25.0 Å². The Morgan fingerprint density at radius 3 is 2.63 bits per heavy atom. The van der Waals surface area contributed by atoms with E-state index in [-0.39, 0.29) is 23.0 Å². The van der Waals surface area contributed by atoms with Crippen molar-refractivity contribution in [3.8, 4) is 11.3 Å². The molecule has 19 heavy (non-hydrogen) atoms. The molecule has 0 radical (unpaired) electrons. The van der Waals surface area contributed by atoms with Gasteiger partial charge < -0.3 is 4.57 Å². The Bertz CT molecular complexity index is 592. The van der Waals surface area contributed by atoms with Crippen LogP contribution < -0.4 is 0 Å². The first-order valence-electron chi connectivity index (χ1n) is 6.05. The Labute approximate surface area is 116 Å². The van der Waals surface area contributed by atoms with Crippen LogP contribution in [0.2, 0.25) is 0 Å². The van der Waals surface area contributed by atoms with Crippen molar-refractivity contribution in [1.29, 1.82) is 0 Å². The number of rotatable bonds is 2. The first-order chi connectivity index (χ1) is 8.75. The molecule has 1 aromatic heterocycles. The highest BCUT2D eigenvalue weighted by Crippen LogP contribution is 2.26. The Morgan fingerprint density at radius 1 is 1.21 bits per heavy atom. The highest BCUT2D eigenvalue weighted by atomic mass is 35.5. The van der Waals surface area contributed by atoms with Gasteiger partial charge in [-0.3, -0.25) is 10.1 Å². The SMILES string of the molecule is Cl.O=[N+]([O-])c1ccc(-c2cnc3n2CCCC3)cc1. The van der Waals surface area contributed by atoms with Gasteiger partial charge in [0.05, 0.1) is 16.8 Å². The Morgan fingerprint density at radius 2 is 1.95 bits per heavy atom. The van der Waals surface area contributed by atoms with Gasteiger partial charge in [-0.15, -0.1) is 12.4 Å². The number of benzene rings is 1. The molecule has 0 saturated carbocycles. The van der Waals surface area contributed by atoms with Crippen molar-refractivity contribution in [3.63, 3.8) is 0 Å². The standard InChI is InChI=1S/C13H13N3O2.ClH/c17-16(18)11-6-4-10(5-7-11)12-9-14-13-3-1-2-8-15(12)13;/h4-7,9H,1-3,8H2;1H. The molecule has 0 amide bonds. The molecule has 0 N–H and O–H groups in total. The number of imidazole rings is 1. The minimum Gasteiger partial charge on any atom is -0.328 e. The van der Waals surface area contributed by atoms with Gasteiger partial charge in [-0.25, -0.2) is 4.98 Å². The molecule has 5 nitrogen and oxygen atoms in total. The van der Waals surface area contributed by atoms with Crippen molar-refractivity contribution in [2.75, 3.05) is 0 Å². The van der Waals surface area contributed by atoms with E-state index in [1.54, 1.807) is 12.1 Å². The summed E-state index contributed by atoms with van der Waals surface area (Å²) in [4.78, 5) is 14.7. The lowest BCUT2D eigenvalue weighted by Gasteiger charge is -2.16.